The van der Waals surface area contributed by atoms with Crippen LogP contribution < -0.4 is 5.73 Å². The predicted molar refractivity (Wildman–Crippen MR) is 44.4 cm³/mol. The second-order valence-electron chi connectivity index (χ2n) is 1.79. The molecule has 0 aromatic rings. The lowest BCUT2D eigenvalue weighted by molar-refractivity contribution is 0.495. The normalized spacial score (nSPS) is 12.0. The maximum absolute atomic E-state index is 5.43. The van der Waals surface area contributed by atoms with Crippen molar-refractivity contribution in [3.63, 3.8) is 0 Å². The van der Waals surface area contributed by atoms with Crippen LogP contribution in [0.3, 0.4) is 0 Å². The van der Waals surface area contributed by atoms with Crippen molar-refractivity contribution in [2.45, 2.75) is 6.92 Å². The maximum atomic E-state index is 5.43. The van der Waals surface area contributed by atoms with Gasteiger partial charge in [0.05, 0.1) is 6.21 Å². The molecule has 0 bridgehead atoms. The molecule has 2 N–H and O–H groups in total. The quantitative estimate of drug-likeness (QED) is 0.466. The van der Waals surface area contributed by atoms with Gasteiger partial charge in [-0.05, 0) is 6.92 Å². The lowest BCUT2D eigenvalue weighted by Gasteiger charge is -2.02. The summed E-state index contributed by atoms with van der Waals surface area (Å²) in [7, 11) is 1.78. The van der Waals surface area contributed by atoms with Crippen LogP contribution in [0.4, 0.5) is 0 Å². The van der Waals surface area contributed by atoms with E-state index in [-0.39, 0.29) is 0 Å². The zero-order valence-corrected chi connectivity index (χ0v) is 6.41. The Morgan fingerprint density at radius 1 is 1.70 bits per heavy atom. The SMILES string of the molecule is C=CN(C)/N=C\C(N)=C/C. The molecule has 0 heterocycles. The first-order valence-electron chi connectivity index (χ1n) is 3.02. The highest BCUT2D eigenvalue weighted by molar-refractivity contribution is 5.76. The summed E-state index contributed by atoms with van der Waals surface area (Å²) in [6.45, 7) is 5.37. The van der Waals surface area contributed by atoms with Gasteiger partial charge in [-0.3, -0.25) is 5.01 Å². The average molecular weight is 139 g/mol. The summed E-state index contributed by atoms with van der Waals surface area (Å²) < 4.78 is 0. The molecular weight excluding hydrogens is 126 g/mol. The molecular formula is C7H13N3. The minimum Gasteiger partial charge on any atom is -0.398 e. The fourth-order valence-corrected chi connectivity index (χ4v) is 0.279. The molecule has 0 radical (unpaired) electrons. The van der Waals surface area contributed by atoms with Crippen LogP contribution in [0.15, 0.2) is 29.7 Å². The van der Waals surface area contributed by atoms with Crippen molar-refractivity contribution in [2.75, 3.05) is 7.05 Å². The molecule has 0 aromatic carbocycles. The zero-order valence-electron chi connectivity index (χ0n) is 6.41. The molecule has 0 fully saturated rings. The van der Waals surface area contributed by atoms with Gasteiger partial charge in [-0.15, -0.1) is 0 Å². The summed E-state index contributed by atoms with van der Waals surface area (Å²) in [6.07, 6.45) is 4.95. The van der Waals surface area contributed by atoms with Crippen molar-refractivity contribution in [2.24, 2.45) is 10.8 Å². The third-order valence-electron chi connectivity index (χ3n) is 0.987. The van der Waals surface area contributed by atoms with Crippen LogP contribution in [-0.4, -0.2) is 18.3 Å². The van der Waals surface area contributed by atoms with Crippen molar-refractivity contribution in [3.05, 3.63) is 24.6 Å². The fraction of sp³-hybridized carbons (Fsp3) is 0.286. The molecule has 0 spiro atoms. The Morgan fingerprint density at radius 3 is 2.70 bits per heavy atom. The molecule has 0 aromatic heterocycles. The summed E-state index contributed by atoms with van der Waals surface area (Å²) in [5, 5.41) is 5.49. The molecule has 0 saturated heterocycles. The minimum atomic E-state index is 0.647. The monoisotopic (exact) mass is 139 g/mol. The number of nitrogens with zero attached hydrogens (tertiary/aromatic N) is 2. The van der Waals surface area contributed by atoms with E-state index in [9.17, 15) is 0 Å². The van der Waals surface area contributed by atoms with Crippen molar-refractivity contribution >= 4 is 6.21 Å². The predicted octanol–water partition coefficient (Wildman–Crippen LogP) is 0.910. The highest BCUT2D eigenvalue weighted by Gasteiger charge is 1.80. The topological polar surface area (TPSA) is 41.6 Å². The Balaban J connectivity index is 3.86. The Morgan fingerprint density at radius 2 is 2.30 bits per heavy atom. The zero-order chi connectivity index (χ0) is 7.98. The summed E-state index contributed by atoms with van der Waals surface area (Å²) in [5.41, 5.74) is 6.07. The molecule has 0 unspecified atom stereocenters. The molecule has 0 aliphatic rings. The fourth-order valence-electron chi connectivity index (χ4n) is 0.279. The van der Waals surface area contributed by atoms with Crippen molar-refractivity contribution in [1.82, 2.24) is 5.01 Å². The van der Waals surface area contributed by atoms with Gasteiger partial charge in [-0.1, -0.05) is 12.7 Å². The maximum Gasteiger partial charge on any atom is 0.0700 e. The van der Waals surface area contributed by atoms with E-state index in [0.29, 0.717) is 5.70 Å². The number of rotatable bonds is 3. The first kappa shape index (κ1) is 8.75. The number of hydrogen-bond donors (Lipinski definition) is 1. The van der Waals surface area contributed by atoms with Gasteiger partial charge in [0.15, 0.2) is 0 Å². The highest BCUT2D eigenvalue weighted by atomic mass is 15.4. The van der Waals surface area contributed by atoms with E-state index >= 15 is 0 Å². The van der Waals surface area contributed by atoms with Crippen LogP contribution >= 0.6 is 0 Å². The molecule has 0 aliphatic carbocycles. The van der Waals surface area contributed by atoms with E-state index in [0.717, 1.165) is 0 Å². The molecule has 0 saturated carbocycles. The standard InChI is InChI=1S/C7H13N3/c1-4-7(8)6-9-10(3)5-2/h4-6H,2,8H2,1,3H3/b7-4+,9-6-. The lowest BCUT2D eigenvalue weighted by atomic mass is 10.5. The van der Waals surface area contributed by atoms with E-state index < -0.39 is 0 Å². The summed E-state index contributed by atoms with van der Waals surface area (Å²) >= 11 is 0. The lowest BCUT2D eigenvalue weighted by Crippen LogP contribution is -2.04. The van der Waals surface area contributed by atoms with Crippen molar-refractivity contribution < 1.29 is 0 Å². The molecule has 0 amide bonds. The van der Waals surface area contributed by atoms with Gasteiger partial charge < -0.3 is 5.73 Å². The molecule has 0 rings (SSSR count). The molecule has 0 aliphatic heterocycles. The van der Waals surface area contributed by atoms with Crippen molar-refractivity contribution in [1.29, 1.82) is 0 Å². The van der Waals surface area contributed by atoms with E-state index in [1.807, 2.05) is 6.92 Å². The average Bonchev–Trinajstić information content (AvgIpc) is 1.99. The van der Waals surface area contributed by atoms with Gasteiger partial charge >= 0.3 is 0 Å². The number of hydrogen-bond acceptors (Lipinski definition) is 3. The first-order chi connectivity index (χ1) is 4.70. The van der Waals surface area contributed by atoms with Crippen LogP contribution in [0.25, 0.3) is 0 Å². The van der Waals surface area contributed by atoms with E-state index in [2.05, 4.69) is 11.7 Å². The molecule has 0 atom stereocenters. The van der Waals surface area contributed by atoms with E-state index in [1.165, 1.54) is 0 Å². The third-order valence-corrected chi connectivity index (χ3v) is 0.987. The van der Waals surface area contributed by atoms with Crippen LogP contribution in [0.5, 0.6) is 0 Å². The van der Waals surface area contributed by atoms with Gasteiger partial charge in [-0.2, -0.15) is 5.10 Å². The van der Waals surface area contributed by atoms with Gasteiger partial charge in [0.2, 0.25) is 0 Å². The van der Waals surface area contributed by atoms with Crippen LogP contribution in [-0.2, 0) is 0 Å². The van der Waals surface area contributed by atoms with Crippen LogP contribution in [0, 0.1) is 0 Å². The van der Waals surface area contributed by atoms with Gasteiger partial charge in [0, 0.05) is 18.9 Å². The van der Waals surface area contributed by atoms with E-state index in [1.54, 1.807) is 30.5 Å². The number of nitrogens with two attached hydrogens (primary N) is 1. The minimum absolute atomic E-state index is 0.647. The first-order valence-corrected chi connectivity index (χ1v) is 3.02. The number of hydrazone groups is 1. The van der Waals surface area contributed by atoms with E-state index in [4.69, 9.17) is 5.73 Å². The Kier molecular flexibility index (Phi) is 4.04. The van der Waals surface area contributed by atoms with Gasteiger partial charge in [0.25, 0.3) is 0 Å². The van der Waals surface area contributed by atoms with Crippen LogP contribution in [0.1, 0.15) is 6.92 Å². The van der Waals surface area contributed by atoms with Gasteiger partial charge in [-0.25, -0.2) is 0 Å². The van der Waals surface area contributed by atoms with Crippen LogP contribution in [0.2, 0.25) is 0 Å². The smallest absolute Gasteiger partial charge is 0.0700 e. The molecule has 10 heavy (non-hydrogen) atoms. The highest BCUT2D eigenvalue weighted by Crippen LogP contribution is 1.83. The molecule has 3 heteroatoms. The van der Waals surface area contributed by atoms with Gasteiger partial charge in [0.1, 0.15) is 0 Å². The number of allylic oxidation sites excluding steroid dienone is 2. The summed E-state index contributed by atoms with van der Waals surface area (Å²) in [5.74, 6) is 0. The summed E-state index contributed by atoms with van der Waals surface area (Å²) in [6, 6.07) is 0. The second kappa shape index (κ2) is 4.61. The Hall–Kier alpha value is -1.25. The largest absolute Gasteiger partial charge is 0.398 e. The third kappa shape index (κ3) is 3.72. The Labute approximate surface area is 61.5 Å². The second-order valence-corrected chi connectivity index (χ2v) is 1.79. The Bertz CT molecular complexity index is 158. The van der Waals surface area contributed by atoms with Crippen molar-refractivity contribution in [3.8, 4) is 0 Å². The molecule has 3 nitrogen and oxygen atoms in total. The molecule has 56 valence electrons. The summed E-state index contributed by atoms with van der Waals surface area (Å²) in [4.78, 5) is 0.